The Hall–Kier alpha value is -0.280. The van der Waals surface area contributed by atoms with Crippen molar-refractivity contribution in [3.05, 3.63) is 0 Å². The molecule has 8 heavy (non-hydrogen) atoms. The maximum absolute atomic E-state index is 9.56. The van der Waals surface area contributed by atoms with Gasteiger partial charge in [0.1, 0.15) is 0 Å². The first kappa shape index (κ1) is 7.72. The number of carbonyl (C=O) groups excluding carboxylic acids is 1. The Balaban J connectivity index is 2.97. The van der Waals surface area contributed by atoms with Crippen molar-refractivity contribution in [2.75, 3.05) is 12.4 Å². The number of hydrogen-bond donors (Lipinski definition) is 2. The van der Waals surface area contributed by atoms with Crippen molar-refractivity contribution in [2.24, 2.45) is 0 Å². The van der Waals surface area contributed by atoms with Crippen LogP contribution in [0.25, 0.3) is 0 Å². The average molecular weight is 138 g/mol. The molecule has 0 radical (unpaired) electrons. The van der Waals surface area contributed by atoms with Gasteiger partial charge in [-0.1, -0.05) is 0 Å². The van der Waals surface area contributed by atoms with Crippen molar-refractivity contribution in [1.82, 2.24) is 5.32 Å². The van der Waals surface area contributed by atoms with Gasteiger partial charge in [-0.05, 0) is 0 Å². The minimum Gasteiger partial charge on any atom is -0.390 e. The molecular weight excluding hydrogens is 130 g/mol. The molecule has 48 valence electrons. The zero-order chi connectivity index (χ0) is 6.41. The largest absolute Gasteiger partial charge is 0.390 e. The van der Waals surface area contributed by atoms with Crippen LogP contribution in [0.3, 0.4) is 0 Å². The van der Waals surface area contributed by atoms with E-state index >= 15 is 0 Å². The number of aliphatic hydroxyl groups is 1. The molecule has 0 fully saturated rings. The average Bonchev–Trinajstić information content (AvgIpc) is 1.83. The number of amides is 1. The van der Waals surface area contributed by atoms with Gasteiger partial charge in [-0.2, -0.15) is 0 Å². The molecule has 0 rings (SSSR count). The molecular formula is C4H8ClNO2. The number of halogens is 1. The van der Waals surface area contributed by atoms with Crippen LogP contribution in [0.2, 0.25) is 0 Å². The molecule has 0 aliphatic rings. The number of nitrogens with one attached hydrogen (secondary N) is 1. The van der Waals surface area contributed by atoms with Crippen molar-refractivity contribution in [2.45, 2.75) is 6.10 Å². The number of carbonyl (C=O) groups is 1. The Morgan fingerprint density at radius 2 is 2.50 bits per heavy atom. The topological polar surface area (TPSA) is 49.3 Å². The Bertz CT molecular complexity index is 69.1. The summed E-state index contributed by atoms with van der Waals surface area (Å²) in [4.78, 5) is 9.56. The predicted octanol–water partition coefficient (Wildman–Crippen LogP) is -0.668. The predicted molar refractivity (Wildman–Crippen MR) is 30.8 cm³/mol. The quantitative estimate of drug-likeness (QED) is 0.399. The van der Waals surface area contributed by atoms with Gasteiger partial charge >= 0.3 is 0 Å². The van der Waals surface area contributed by atoms with Gasteiger partial charge in [-0.15, -0.1) is 11.6 Å². The zero-order valence-corrected chi connectivity index (χ0v) is 5.06. The first-order valence-electron chi connectivity index (χ1n) is 2.22. The van der Waals surface area contributed by atoms with Gasteiger partial charge in [-0.25, -0.2) is 0 Å². The third kappa shape index (κ3) is 3.89. The second-order valence-electron chi connectivity index (χ2n) is 1.33. The fourth-order valence-corrected chi connectivity index (χ4v) is 0.348. The molecule has 0 saturated heterocycles. The number of alkyl halides is 1. The molecule has 0 saturated carbocycles. The van der Waals surface area contributed by atoms with E-state index in [9.17, 15) is 4.79 Å². The van der Waals surface area contributed by atoms with E-state index in [4.69, 9.17) is 16.7 Å². The maximum Gasteiger partial charge on any atom is 0.207 e. The van der Waals surface area contributed by atoms with Crippen molar-refractivity contribution >= 4 is 18.0 Å². The molecule has 1 amide bonds. The van der Waals surface area contributed by atoms with Gasteiger partial charge in [0.25, 0.3) is 0 Å². The molecule has 0 aromatic carbocycles. The van der Waals surface area contributed by atoms with E-state index in [2.05, 4.69) is 5.32 Å². The van der Waals surface area contributed by atoms with Crippen LogP contribution < -0.4 is 5.32 Å². The number of aliphatic hydroxyl groups excluding tert-OH is 1. The van der Waals surface area contributed by atoms with Crippen LogP contribution >= 0.6 is 11.6 Å². The van der Waals surface area contributed by atoms with E-state index in [1.807, 2.05) is 0 Å². The highest BCUT2D eigenvalue weighted by atomic mass is 35.5. The standard InChI is InChI=1S/C4H8ClNO2/c5-1-4(8)2-6-3-7/h3-4,8H,1-2H2,(H,6,7). The Morgan fingerprint density at radius 3 is 2.88 bits per heavy atom. The van der Waals surface area contributed by atoms with Crippen LogP contribution in [0.5, 0.6) is 0 Å². The van der Waals surface area contributed by atoms with Gasteiger partial charge in [0, 0.05) is 6.54 Å². The Morgan fingerprint density at radius 1 is 1.88 bits per heavy atom. The van der Waals surface area contributed by atoms with Crippen LogP contribution in [-0.4, -0.2) is 30.0 Å². The van der Waals surface area contributed by atoms with E-state index in [1.54, 1.807) is 0 Å². The molecule has 0 aliphatic carbocycles. The van der Waals surface area contributed by atoms with Crippen LogP contribution in [0.15, 0.2) is 0 Å². The van der Waals surface area contributed by atoms with Crippen molar-refractivity contribution < 1.29 is 9.90 Å². The molecule has 2 N–H and O–H groups in total. The second kappa shape index (κ2) is 4.87. The molecule has 0 aromatic heterocycles. The maximum atomic E-state index is 9.56. The van der Waals surface area contributed by atoms with Crippen molar-refractivity contribution in [3.63, 3.8) is 0 Å². The number of rotatable bonds is 4. The summed E-state index contributed by atoms with van der Waals surface area (Å²) in [6.07, 6.45) is -0.0997. The lowest BCUT2D eigenvalue weighted by atomic mass is 10.4. The first-order chi connectivity index (χ1) is 3.81. The van der Waals surface area contributed by atoms with Crippen LogP contribution in [0, 0.1) is 0 Å². The van der Waals surface area contributed by atoms with E-state index in [1.165, 1.54) is 0 Å². The fourth-order valence-electron chi connectivity index (χ4n) is 0.239. The van der Waals surface area contributed by atoms with E-state index < -0.39 is 6.10 Å². The van der Waals surface area contributed by atoms with Crippen molar-refractivity contribution in [3.8, 4) is 0 Å². The monoisotopic (exact) mass is 137 g/mol. The van der Waals surface area contributed by atoms with Crippen LogP contribution in [-0.2, 0) is 4.79 Å². The van der Waals surface area contributed by atoms with Gasteiger partial charge in [0.2, 0.25) is 6.41 Å². The van der Waals surface area contributed by atoms with Crippen molar-refractivity contribution in [1.29, 1.82) is 0 Å². The third-order valence-corrected chi connectivity index (χ3v) is 0.971. The number of hydrogen-bond acceptors (Lipinski definition) is 2. The second-order valence-corrected chi connectivity index (χ2v) is 1.64. The third-order valence-electron chi connectivity index (χ3n) is 0.615. The van der Waals surface area contributed by atoms with Gasteiger partial charge in [0.05, 0.1) is 12.0 Å². The molecule has 0 aromatic rings. The van der Waals surface area contributed by atoms with E-state index in [-0.39, 0.29) is 12.4 Å². The molecule has 3 nitrogen and oxygen atoms in total. The summed E-state index contributed by atoms with van der Waals surface area (Å²) in [7, 11) is 0. The summed E-state index contributed by atoms with van der Waals surface area (Å²) in [5, 5.41) is 10.9. The Kier molecular flexibility index (Phi) is 4.70. The summed E-state index contributed by atoms with van der Waals surface area (Å²) in [5.41, 5.74) is 0. The molecule has 0 aliphatic heterocycles. The molecule has 0 heterocycles. The Labute approximate surface area is 52.6 Å². The fraction of sp³-hybridized carbons (Fsp3) is 0.750. The molecule has 4 heteroatoms. The highest BCUT2D eigenvalue weighted by Gasteiger charge is 1.97. The highest BCUT2D eigenvalue weighted by molar-refractivity contribution is 6.18. The van der Waals surface area contributed by atoms with E-state index in [0.29, 0.717) is 6.41 Å². The molecule has 0 bridgehead atoms. The summed E-state index contributed by atoms with van der Waals surface area (Å²) in [6, 6.07) is 0. The SMILES string of the molecule is O=CNCC(O)CCl. The minimum atomic E-state index is -0.623. The van der Waals surface area contributed by atoms with Gasteiger partial charge in [-0.3, -0.25) is 4.79 Å². The zero-order valence-electron chi connectivity index (χ0n) is 4.30. The minimum absolute atomic E-state index is 0.154. The van der Waals surface area contributed by atoms with Crippen LogP contribution in [0.4, 0.5) is 0 Å². The summed E-state index contributed by atoms with van der Waals surface area (Å²) in [6.45, 7) is 0.229. The summed E-state index contributed by atoms with van der Waals surface area (Å²) >= 11 is 5.18. The molecule has 0 spiro atoms. The smallest absolute Gasteiger partial charge is 0.207 e. The lowest BCUT2D eigenvalue weighted by Gasteiger charge is -2.02. The molecule has 1 atom stereocenters. The normalized spacial score (nSPS) is 12.8. The first-order valence-corrected chi connectivity index (χ1v) is 2.75. The lowest BCUT2D eigenvalue weighted by Crippen LogP contribution is -2.26. The van der Waals surface area contributed by atoms with Crippen LogP contribution in [0.1, 0.15) is 0 Å². The highest BCUT2D eigenvalue weighted by Crippen LogP contribution is 1.82. The summed E-state index contributed by atoms with van der Waals surface area (Å²) in [5.74, 6) is 0.154. The van der Waals surface area contributed by atoms with Gasteiger partial charge in [0.15, 0.2) is 0 Å². The summed E-state index contributed by atoms with van der Waals surface area (Å²) < 4.78 is 0. The van der Waals surface area contributed by atoms with E-state index in [0.717, 1.165) is 0 Å². The van der Waals surface area contributed by atoms with Gasteiger partial charge < -0.3 is 10.4 Å². The molecule has 1 unspecified atom stereocenters. The lowest BCUT2D eigenvalue weighted by molar-refractivity contribution is -0.109.